The van der Waals surface area contributed by atoms with Gasteiger partial charge in [0, 0.05) is 23.7 Å². The fourth-order valence-electron chi connectivity index (χ4n) is 6.73. The number of aromatic hydroxyl groups is 1. The summed E-state index contributed by atoms with van der Waals surface area (Å²) >= 11 is 0. The highest BCUT2D eigenvalue weighted by molar-refractivity contribution is 6.25. The Labute approximate surface area is 253 Å². The summed E-state index contributed by atoms with van der Waals surface area (Å²) in [6.45, 7) is 4.50. The summed E-state index contributed by atoms with van der Waals surface area (Å²) in [4.78, 5) is 53.2. The molecule has 12 heteroatoms. The minimum Gasteiger partial charge on any atom is -0.510 e. The molecule has 0 heterocycles. The number of phenols is 1. The van der Waals surface area contributed by atoms with Crippen molar-refractivity contribution in [3.63, 3.8) is 0 Å². The van der Waals surface area contributed by atoms with E-state index in [1.165, 1.54) is 11.0 Å². The lowest BCUT2D eigenvalue weighted by Gasteiger charge is -2.50. The second kappa shape index (κ2) is 11.1. The van der Waals surface area contributed by atoms with Gasteiger partial charge in [0.1, 0.15) is 22.8 Å². The minimum atomic E-state index is -2.69. The Kier molecular flexibility index (Phi) is 7.77. The molecule has 0 fully saturated rings. The summed E-state index contributed by atoms with van der Waals surface area (Å²) in [6, 6.07) is 8.60. The molecule has 8 N–H and O–H groups in total. The molecule has 2 aromatic rings. The van der Waals surface area contributed by atoms with Gasteiger partial charge in [0.05, 0.1) is 11.6 Å². The molecule has 0 aliphatic heterocycles. The van der Waals surface area contributed by atoms with Crippen LogP contribution in [0.1, 0.15) is 36.2 Å². The molecule has 44 heavy (non-hydrogen) atoms. The molecule has 0 saturated heterocycles. The van der Waals surface area contributed by atoms with Gasteiger partial charge in [-0.2, -0.15) is 0 Å². The highest BCUT2D eigenvalue weighted by Gasteiger charge is 2.63. The molecule has 5 rings (SSSR count). The zero-order valence-corrected chi connectivity index (χ0v) is 24.8. The second-order valence-corrected chi connectivity index (χ2v) is 12.3. The van der Waals surface area contributed by atoms with Crippen molar-refractivity contribution in [1.82, 2.24) is 10.2 Å². The van der Waals surface area contributed by atoms with Crippen molar-refractivity contribution in [2.45, 2.75) is 38.3 Å². The lowest BCUT2D eigenvalue weighted by Crippen LogP contribution is -2.63. The fraction of sp³-hybridized carbons (Fsp3) is 0.375. The molecule has 3 aliphatic rings. The number of benzene rings is 2. The van der Waals surface area contributed by atoms with Crippen molar-refractivity contribution in [2.75, 3.05) is 26.0 Å². The molecule has 0 spiro atoms. The number of phenolic OH excluding ortho intramolecular Hbond substituents is 1. The van der Waals surface area contributed by atoms with Crippen LogP contribution in [0.2, 0.25) is 0 Å². The Bertz CT molecular complexity index is 1640. The average Bonchev–Trinajstić information content (AvgIpc) is 2.94. The number of carbonyl (C=O) groups is 4. The van der Waals surface area contributed by atoms with E-state index in [4.69, 9.17) is 5.73 Å². The van der Waals surface area contributed by atoms with Gasteiger partial charge in [-0.3, -0.25) is 19.3 Å². The van der Waals surface area contributed by atoms with Crippen LogP contribution in [0.4, 0.5) is 10.5 Å². The molecule has 3 aliphatic carbocycles. The van der Waals surface area contributed by atoms with Crippen LogP contribution in [0.5, 0.6) is 5.75 Å². The van der Waals surface area contributed by atoms with E-state index in [1.807, 2.05) is 13.8 Å². The highest BCUT2D eigenvalue weighted by atomic mass is 16.3. The summed E-state index contributed by atoms with van der Waals surface area (Å²) in [5.74, 6) is -6.67. The average molecular weight is 605 g/mol. The predicted octanol–water partition coefficient (Wildman–Crippen LogP) is 2.57. The number of Topliss-reactive ketones (excluding diaryl/α,β-unsaturated/α-hetero) is 2. The van der Waals surface area contributed by atoms with Crippen LogP contribution in [0.15, 0.2) is 59.1 Å². The number of ketones is 2. The van der Waals surface area contributed by atoms with Crippen molar-refractivity contribution in [3.05, 3.63) is 70.2 Å². The topological polar surface area (TPSA) is 203 Å². The number of carbonyl (C=O) groups excluding carboxylic acids is 4. The lowest BCUT2D eigenvalue weighted by molar-refractivity contribution is -0.148. The van der Waals surface area contributed by atoms with Crippen molar-refractivity contribution >= 4 is 29.2 Å². The Balaban J connectivity index is 1.56. The summed E-state index contributed by atoms with van der Waals surface area (Å²) in [5.41, 5.74) is 3.97. The van der Waals surface area contributed by atoms with Gasteiger partial charge >= 0.3 is 6.03 Å². The number of allylic oxidation sites excluding steroid dienone is 1. The maximum Gasteiger partial charge on any atom is 0.319 e. The predicted molar refractivity (Wildman–Crippen MR) is 161 cm³/mol. The number of hydrogen-bond acceptors (Lipinski definition) is 9. The fourth-order valence-corrected chi connectivity index (χ4v) is 6.73. The molecule has 0 saturated carbocycles. The molecule has 0 radical (unpaired) electrons. The molecular formula is C32H36N4O8. The van der Waals surface area contributed by atoms with E-state index < -0.39 is 58.0 Å². The van der Waals surface area contributed by atoms with Crippen molar-refractivity contribution < 1.29 is 39.6 Å². The number of aliphatic hydroxyl groups excluding tert-OH is 2. The molecular weight excluding hydrogens is 568 g/mol. The number of nitrogens with one attached hydrogen (secondary N) is 2. The van der Waals surface area contributed by atoms with Crippen LogP contribution < -0.4 is 16.4 Å². The Morgan fingerprint density at radius 2 is 1.73 bits per heavy atom. The van der Waals surface area contributed by atoms with E-state index in [1.54, 1.807) is 44.4 Å². The van der Waals surface area contributed by atoms with Gasteiger partial charge < -0.3 is 36.8 Å². The summed E-state index contributed by atoms with van der Waals surface area (Å²) in [7, 11) is 3.16. The van der Waals surface area contributed by atoms with Gasteiger partial charge in [-0.1, -0.05) is 32.0 Å². The van der Waals surface area contributed by atoms with Gasteiger partial charge in [-0.05, 0) is 73.7 Å². The third kappa shape index (κ3) is 4.80. The number of primary amides is 1. The second-order valence-electron chi connectivity index (χ2n) is 12.3. The lowest BCUT2D eigenvalue weighted by atomic mass is 9.58. The van der Waals surface area contributed by atoms with Crippen LogP contribution in [-0.4, -0.2) is 81.1 Å². The van der Waals surface area contributed by atoms with Crippen LogP contribution >= 0.6 is 0 Å². The summed E-state index contributed by atoms with van der Waals surface area (Å²) in [5, 5.41) is 50.5. The van der Waals surface area contributed by atoms with Crippen molar-refractivity contribution in [3.8, 4) is 16.9 Å². The number of likely N-dealkylation sites (N-methyl/N-ethyl adjacent to an activating group) is 1. The number of hydrogen-bond donors (Lipinski definition) is 7. The number of nitrogens with zero attached hydrogens (tertiary/aromatic N) is 1. The van der Waals surface area contributed by atoms with E-state index in [0.29, 0.717) is 34.8 Å². The number of urea groups is 1. The first-order chi connectivity index (χ1) is 20.7. The van der Waals surface area contributed by atoms with Gasteiger partial charge in [0.25, 0.3) is 5.91 Å². The molecule has 232 valence electrons. The Morgan fingerprint density at radius 1 is 1.07 bits per heavy atom. The van der Waals surface area contributed by atoms with E-state index in [2.05, 4.69) is 10.6 Å². The zero-order chi connectivity index (χ0) is 32.2. The van der Waals surface area contributed by atoms with Gasteiger partial charge in [0.15, 0.2) is 11.4 Å². The van der Waals surface area contributed by atoms with Gasteiger partial charge in [-0.25, -0.2) is 4.79 Å². The molecule has 2 aromatic carbocycles. The van der Waals surface area contributed by atoms with Gasteiger partial charge in [-0.15, -0.1) is 0 Å². The Hall–Kier alpha value is -4.68. The molecule has 4 atom stereocenters. The van der Waals surface area contributed by atoms with E-state index >= 15 is 0 Å². The molecule has 12 nitrogen and oxygen atoms in total. The zero-order valence-electron chi connectivity index (χ0n) is 24.8. The maximum atomic E-state index is 14.0. The first-order valence-corrected chi connectivity index (χ1v) is 14.3. The van der Waals surface area contributed by atoms with E-state index in [0.717, 1.165) is 0 Å². The number of aliphatic hydroxyl groups is 3. The standard InChI is InChI=1S/C32H36N4O8/c1-14(2)13-34-31(43)35-17-7-5-15(6-8-17)18-9-10-21(37)23-19(18)11-16-12-20-25(36(3)4)27(39)24(30(33)42)29(41)32(20,44)28(40)22(16)26(23)38/h5-10,14,16,20,25,37,39-40,44H,11-13H2,1-4H3,(H2,33,42)(H2,34,35,43)/t16-,20-,25-,32-/m0/s1. The van der Waals surface area contributed by atoms with Crippen molar-refractivity contribution in [2.24, 2.45) is 23.5 Å². The summed E-state index contributed by atoms with van der Waals surface area (Å²) in [6.07, 6.45) is 0.158. The minimum absolute atomic E-state index is 0.00476. The number of nitrogens with two attached hydrogens (primary N) is 1. The SMILES string of the molecule is CC(C)CNC(=O)Nc1ccc(-c2ccc(O)c3c2C[C@H]2C[C@H]4[C@H](N(C)C)C(O)=C(C(N)=O)C(=O)[C@@]4(O)C(O)=C2C3=O)cc1. The molecule has 0 unspecified atom stereocenters. The maximum absolute atomic E-state index is 14.0. The van der Waals surface area contributed by atoms with Crippen LogP contribution in [-0.2, 0) is 16.0 Å². The normalized spacial score (nSPS) is 24.7. The highest BCUT2D eigenvalue weighted by Crippen LogP contribution is 2.53. The largest absolute Gasteiger partial charge is 0.510 e. The Morgan fingerprint density at radius 3 is 2.32 bits per heavy atom. The van der Waals surface area contributed by atoms with E-state index in [-0.39, 0.29) is 35.8 Å². The number of rotatable bonds is 6. The summed E-state index contributed by atoms with van der Waals surface area (Å²) < 4.78 is 0. The third-order valence-electron chi connectivity index (χ3n) is 8.73. The molecule has 0 bridgehead atoms. The van der Waals surface area contributed by atoms with Crippen LogP contribution in [0.3, 0.4) is 0 Å². The smallest absolute Gasteiger partial charge is 0.319 e. The molecule has 0 aromatic heterocycles. The first kappa shape index (κ1) is 30.8. The number of anilines is 1. The number of fused-ring (bicyclic) bond motifs is 3. The van der Waals surface area contributed by atoms with Crippen LogP contribution in [0, 0.1) is 17.8 Å². The molecule has 3 amide bonds. The first-order valence-electron chi connectivity index (χ1n) is 14.3. The monoisotopic (exact) mass is 604 g/mol. The quantitative estimate of drug-likeness (QED) is 0.242. The van der Waals surface area contributed by atoms with E-state index in [9.17, 15) is 39.6 Å². The van der Waals surface area contributed by atoms with Crippen molar-refractivity contribution in [1.29, 1.82) is 0 Å². The number of amides is 3. The van der Waals surface area contributed by atoms with Crippen LogP contribution in [0.25, 0.3) is 11.1 Å². The van der Waals surface area contributed by atoms with Gasteiger partial charge in [0.2, 0.25) is 5.78 Å². The third-order valence-corrected chi connectivity index (χ3v) is 8.73.